The third kappa shape index (κ3) is 4.11. The summed E-state index contributed by atoms with van der Waals surface area (Å²) in [5.41, 5.74) is 2.87. The van der Waals surface area contributed by atoms with Gasteiger partial charge in [-0.3, -0.25) is 19.7 Å². The molecule has 18 heavy (non-hydrogen) atoms. The second kappa shape index (κ2) is 6.67. The maximum atomic E-state index is 11.6. The van der Waals surface area contributed by atoms with E-state index in [4.69, 9.17) is 9.57 Å². The molecule has 0 saturated carbocycles. The molecule has 1 N–H and O–H groups in total. The summed E-state index contributed by atoms with van der Waals surface area (Å²) < 4.78 is 4.73. The highest BCUT2D eigenvalue weighted by Gasteiger charge is 2.13. The Morgan fingerprint density at radius 2 is 2.11 bits per heavy atom. The van der Waals surface area contributed by atoms with Crippen molar-refractivity contribution in [1.29, 1.82) is 0 Å². The van der Waals surface area contributed by atoms with Gasteiger partial charge >= 0.3 is 0 Å². The first-order chi connectivity index (χ1) is 8.54. The minimum atomic E-state index is -0.546. The average molecular weight is 254 g/mol. The molecule has 0 bridgehead atoms. The fraction of sp³-hybridized carbons (Fsp3) is 0.364. The highest BCUT2D eigenvalue weighted by atomic mass is 16.7. The third-order valence-electron chi connectivity index (χ3n) is 2.09. The van der Waals surface area contributed by atoms with E-state index >= 15 is 0 Å². The van der Waals surface area contributed by atoms with Crippen molar-refractivity contribution in [1.82, 2.24) is 5.48 Å². The summed E-state index contributed by atoms with van der Waals surface area (Å²) in [5.74, 6) is -0.530. The lowest BCUT2D eigenvalue weighted by Gasteiger charge is -2.06. The summed E-state index contributed by atoms with van der Waals surface area (Å²) in [6, 6.07) is 4.13. The van der Waals surface area contributed by atoms with Crippen LogP contribution in [0.3, 0.4) is 0 Å². The minimum absolute atomic E-state index is 0.128. The van der Waals surface area contributed by atoms with Crippen LogP contribution in [0, 0.1) is 17.0 Å². The van der Waals surface area contributed by atoms with Crippen molar-refractivity contribution >= 4 is 11.6 Å². The van der Waals surface area contributed by atoms with E-state index in [1.165, 1.54) is 19.2 Å². The van der Waals surface area contributed by atoms with E-state index in [0.29, 0.717) is 12.2 Å². The second-order valence-corrected chi connectivity index (χ2v) is 3.59. The highest BCUT2D eigenvalue weighted by Crippen LogP contribution is 2.16. The van der Waals surface area contributed by atoms with Crippen LogP contribution < -0.4 is 5.48 Å². The Bertz CT molecular complexity index is 447. The Morgan fingerprint density at radius 1 is 1.39 bits per heavy atom. The monoisotopic (exact) mass is 254 g/mol. The molecule has 0 aliphatic heterocycles. The number of nitrogens with zero attached hydrogens (tertiary/aromatic N) is 1. The van der Waals surface area contributed by atoms with Crippen molar-refractivity contribution < 1.29 is 19.3 Å². The molecule has 1 rings (SSSR count). The quantitative estimate of drug-likeness (QED) is 0.468. The molecule has 0 heterocycles. The van der Waals surface area contributed by atoms with Gasteiger partial charge in [0.25, 0.3) is 11.6 Å². The highest BCUT2D eigenvalue weighted by molar-refractivity contribution is 5.94. The van der Waals surface area contributed by atoms with Gasteiger partial charge in [0.2, 0.25) is 0 Å². The van der Waals surface area contributed by atoms with Gasteiger partial charge < -0.3 is 4.74 Å². The fourth-order valence-electron chi connectivity index (χ4n) is 1.30. The van der Waals surface area contributed by atoms with Gasteiger partial charge in [0.1, 0.15) is 0 Å². The number of amides is 1. The number of nitrogens with one attached hydrogen (secondary N) is 1. The van der Waals surface area contributed by atoms with Crippen LogP contribution in [0.1, 0.15) is 15.9 Å². The van der Waals surface area contributed by atoms with Crippen molar-refractivity contribution in [2.45, 2.75) is 6.92 Å². The van der Waals surface area contributed by atoms with Gasteiger partial charge in [0, 0.05) is 24.8 Å². The molecule has 1 amide bonds. The zero-order valence-electron chi connectivity index (χ0n) is 10.1. The topological polar surface area (TPSA) is 90.7 Å². The van der Waals surface area contributed by atoms with Crippen molar-refractivity contribution in [3.8, 4) is 0 Å². The molecule has 0 fully saturated rings. The number of hydrogen-bond acceptors (Lipinski definition) is 5. The molecule has 0 spiro atoms. The molecule has 0 saturated heterocycles. The molecular formula is C11H14N2O5. The zero-order valence-corrected chi connectivity index (χ0v) is 10.1. The maximum Gasteiger partial charge on any atom is 0.275 e. The summed E-state index contributed by atoms with van der Waals surface area (Å²) in [6.45, 7) is 2.22. The number of carbonyl (C=O) groups excluding carboxylic acids is 1. The van der Waals surface area contributed by atoms with Crippen LogP contribution in [0.15, 0.2) is 18.2 Å². The van der Waals surface area contributed by atoms with Gasteiger partial charge in [-0.25, -0.2) is 5.48 Å². The number of aryl methyl sites for hydroxylation is 1. The van der Waals surface area contributed by atoms with Crippen molar-refractivity contribution in [2.75, 3.05) is 20.3 Å². The van der Waals surface area contributed by atoms with Crippen LogP contribution >= 0.6 is 0 Å². The van der Waals surface area contributed by atoms with Gasteiger partial charge in [0.15, 0.2) is 0 Å². The first kappa shape index (κ1) is 14.1. The molecule has 1 aromatic carbocycles. The van der Waals surface area contributed by atoms with E-state index < -0.39 is 10.8 Å². The van der Waals surface area contributed by atoms with E-state index in [-0.39, 0.29) is 17.9 Å². The number of nitro groups is 1. The van der Waals surface area contributed by atoms with Gasteiger partial charge in [-0.2, -0.15) is 0 Å². The lowest BCUT2D eigenvalue weighted by Crippen LogP contribution is -2.25. The van der Waals surface area contributed by atoms with E-state index in [1.54, 1.807) is 13.0 Å². The molecule has 0 atom stereocenters. The molecule has 0 aliphatic carbocycles. The molecule has 7 heteroatoms. The van der Waals surface area contributed by atoms with E-state index in [0.717, 1.165) is 0 Å². The Balaban J connectivity index is 2.70. The summed E-state index contributed by atoms with van der Waals surface area (Å²) in [7, 11) is 1.51. The summed E-state index contributed by atoms with van der Waals surface area (Å²) >= 11 is 0. The molecule has 7 nitrogen and oxygen atoms in total. The van der Waals surface area contributed by atoms with Gasteiger partial charge in [-0.15, -0.1) is 0 Å². The summed E-state index contributed by atoms with van der Waals surface area (Å²) in [6.07, 6.45) is 0. The first-order valence-electron chi connectivity index (χ1n) is 5.21. The summed E-state index contributed by atoms with van der Waals surface area (Å²) in [4.78, 5) is 26.6. The fourth-order valence-corrected chi connectivity index (χ4v) is 1.30. The predicted molar refractivity (Wildman–Crippen MR) is 63.1 cm³/mol. The van der Waals surface area contributed by atoms with Gasteiger partial charge in [0.05, 0.1) is 18.1 Å². The van der Waals surface area contributed by atoms with Gasteiger partial charge in [-0.1, -0.05) is 0 Å². The smallest absolute Gasteiger partial charge is 0.275 e. The number of benzene rings is 1. The molecule has 98 valence electrons. The number of carbonyl (C=O) groups is 1. The molecule has 0 unspecified atom stereocenters. The largest absolute Gasteiger partial charge is 0.382 e. The number of hydroxylamine groups is 1. The third-order valence-corrected chi connectivity index (χ3v) is 2.09. The number of ether oxygens (including phenoxy) is 1. The summed E-state index contributed by atoms with van der Waals surface area (Å²) in [5, 5.41) is 10.7. The van der Waals surface area contributed by atoms with Crippen molar-refractivity contribution in [3.05, 3.63) is 39.4 Å². The maximum absolute atomic E-state index is 11.6. The Labute approximate surface area is 104 Å². The number of nitro benzene ring substituents is 1. The standard InChI is InChI=1S/C11H14N2O5/c1-8-5-9(7-10(6-8)13(15)16)11(14)12-18-4-3-17-2/h5-7H,3-4H2,1-2H3,(H,12,14). The minimum Gasteiger partial charge on any atom is -0.382 e. The Hall–Kier alpha value is -1.99. The number of rotatable bonds is 6. The normalized spacial score (nSPS) is 10.1. The molecule has 0 radical (unpaired) electrons. The van der Waals surface area contributed by atoms with Crippen LogP contribution in [0.2, 0.25) is 0 Å². The Morgan fingerprint density at radius 3 is 2.72 bits per heavy atom. The second-order valence-electron chi connectivity index (χ2n) is 3.59. The molecule has 0 aromatic heterocycles. The number of methoxy groups -OCH3 is 1. The van der Waals surface area contributed by atoms with Crippen LogP contribution in [-0.2, 0) is 9.57 Å². The lowest BCUT2D eigenvalue weighted by molar-refractivity contribution is -0.384. The number of non-ortho nitro benzene ring substituents is 1. The van der Waals surface area contributed by atoms with Crippen LogP contribution in [0.25, 0.3) is 0 Å². The molecular weight excluding hydrogens is 240 g/mol. The van der Waals surface area contributed by atoms with Crippen LogP contribution in [-0.4, -0.2) is 31.2 Å². The molecule has 1 aromatic rings. The van der Waals surface area contributed by atoms with Crippen molar-refractivity contribution in [3.63, 3.8) is 0 Å². The van der Waals surface area contributed by atoms with Crippen LogP contribution in [0.4, 0.5) is 5.69 Å². The first-order valence-corrected chi connectivity index (χ1v) is 5.21. The van der Waals surface area contributed by atoms with E-state index in [9.17, 15) is 14.9 Å². The van der Waals surface area contributed by atoms with E-state index in [2.05, 4.69) is 5.48 Å². The SMILES string of the molecule is COCCONC(=O)c1cc(C)cc([N+](=O)[O-])c1. The van der Waals surface area contributed by atoms with E-state index in [1.807, 2.05) is 0 Å². The van der Waals surface area contributed by atoms with Crippen molar-refractivity contribution in [2.24, 2.45) is 0 Å². The van der Waals surface area contributed by atoms with Gasteiger partial charge in [-0.05, 0) is 18.6 Å². The number of hydrogen-bond donors (Lipinski definition) is 1. The Kier molecular flexibility index (Phi) is 5.22. The predicted octanol–water partition coefficient (Wildman–Crippen LogP) is 1.21. The van der Waals surface area contributed by atoms with Crippen LogP contribution in [0.5, 0.6) is 0 Å². The average Bonchev–Trinajstić information content (AvgIpc) is 2.33. The lowest BCUT2D eigenvalue weighted by atomic mass is 10.1. The zero-order chi connectivity index (χ0) is 13.5. The molecule has 0 aliphatic rings.